The van der Waals surface area contributed by atoms with Crippen molar-refractivity contribution < 1.29 is 9.15 Å². The molecule has 0 spiro atoms. The quantitative estimate of drug-likeness (QED) is 0.800. The highest BCUT2D eigenvalue weighted by atomic mass is 16.5. The minimum Gasteiger partial charge on any atom is -0.403 e. The van der Waals surface area contributed by atoms with Gasteiger partial charge < -0.3 is 19.0 Å². The zero-order valence-corrected chi connectivity index (χ0v) is 11.7. The van der Waals surface area contributed by atoms with Crippen LogP contribution in [-0.4, -0.2) is 34.0 Å². The molecule has 1 fully saturated rings. The summed E-state index contributed by atoms with van der Waals surface area (Å²) >= 11 is 0. The fraction of sp³-hybridized carbons (Fsp3) is 0.333. The van der Waals surface area contributed by atoms with Gasteiger partial charge in [0.1, 0.15) is 0 Å². The molecule has 6 nitrogen and oxygen atoms in total. The molecule has 0 aliphatic carbocycles. The largest absolute Gasteiger partial charge is 0.403 e. The molecule has 2 aromatic heterocycles. The molecule has 3 heterocycles. The molecule has 0 amide bonds. The predicted molar refractivity (Wildman–Crippen MR) is 79.1 cm³/mol. The Kier molecular flexibility index (Phi) is 2.89. The van der Waals surface area contributed by atoms with Crippen LogP contribution >= 0.6 is 0 Å². The molecule has 6 heteroatoms. The molecular formula is C15H16N4O2. The van der Waals surface area contributed by atoms with E-state index in [1.54, 1.807) is 0 Å². The van der Waals surface area contributed by atoms with Gasteiger partial charge in [-0.3, -0.25) is 0 Å². The van der Waals surface area contributed by atoms with Crippen molar-refractivity contribution in [3.8, 4) is 11.5 Å². The molecule has 21 heavy (non-hydrogen) atoms. The van der Waals surface area contributed by atoms with Crippen LogP contribution in [0.3, 0.4) is 0 Å². The number of fused-ring (bicyclic) bond motifs is 1. The SMILES string of the molecule is Cn1cc(-c2nnc(NC3CCOC3)o2)c2ccccc21. The van der Waals surface area contributed by atoms with E-state index in [2.05, 4.69) is 32.2 Å². The van der Waals surface area contributed by atoms with Gasteiger partial charge in [-0.05, 0) is 12.5 Å². The van der Waals surface area contributed by atoms with Crippen molar-refractivity contribution >= 4 is 16.9 Å². The highest BCUT2D eigenvalue weighted by Crippen LogP contribution is 2.30. The summed E-state index contributed by atoms with van der Waals surface area (Å²) in [6.07, 6.45) is 2.98. The van der Waals surface area contributed by atoms with Crippen LogP contribution in [0.15, 0.2) is 34.9 Å². The number of nitrogens with one attached hydrogen (secondary N) is 1. The van der Waals surface area contributed by atoms with Crippen molar-refractivity contribution in [1.82, 2.24) is 14.8 Å². The minimum absolute atomic E-state index is 0.255. The van der Waals surface area contributed by atoms with Crippen LogP contribution < -0.4 is 5.32 Å². The van der Waals surface area contributed by atoms with Gasteiger partial charge in [-0.15, -0.1) is 5.10 Å². The lowest BCUT2D eigenvalue weighted by Crippen LogP contribution is -2.18. The van der Waals surface area contributed by atoms with E-state index in [1.807, 2.05) is 25.4 Å². The summed E-state index contributed by atoms with van der Waals surface area (Å²) < 4.78 is 13.1. The summed E-state index contributed by atoms with van der Waals surface area (Å²) in [6.45, 7) is 1.47. The number of aryl methyl sites for hydroxylation is 1. The van der Waals surface area contributed by atoms with E-state index >= 15 is 0 Å². The third kappa shape index (κ3) is 2.17. The van der Waals surface area contributed by atoms with Crippen LogP contribution in [0.1, 0.15) is 6.42 Å². The molecule has 1 unspecified atom stereocenters. The second-order valence-corrected chi connectivity index (χ2v) is 5.29. The summed E-state index contributed by atoms with van der Waals surface area (Å²) in [4.78, 5) is 0. The molecule has 4 rings (SSSR count). The van der Waals surface area contributed by atoms with Crippen molar-refractivity contribution in [1.29, 1.82) is 0 Å². The van der Waals surface area contributed by atoms with E-state index in [4.69, 9.17) is 9.15 Å². The summed E-state index contributed by atoms with van der Waals surface area (Å²) in [5.41, 5.74) is 2.10. The highest BCUT2D eigenvalue weighted by Gasteiger charge is 2.19. The number of ether oxygens (including phenoxy) is 1. The van der Waals surface area contributed by atoms with E-state index in [9.17, 15) is 0 Å². The molecule has 0 bridgehead atoms. The van der Waals surface area contributed by atoms with Gasteiger partial charge in [0, 0.05) is 30.8 Å². The van der Waals surface area contributed by atoms with Gasteiger partial charge in [0.2, 0.25) is 0 Å². The van der Waals surface area contributed by atoms with Gasteiger partial charge in [-0.25, -0.2) is 0 Å². The Morgan fingerprint density at radius 1 is 1.29 bits per heavy atom. The van der Waals surface area contributed by atoms with E-state index < -0.39 is 0 Å². The van der Waals surface area contributed by atoms with Crippen molar-refractivity contribution in [2.45, 2.75) is 12.5 Å². The highest BCUT2D eigenvalue weighted by molar-refractivity contribution is 5.93. The molecule has 0 saturated carbocycles. The monoisotopic (exact) mass is 284 g/mol. The number of aromatic nitrogens is 3. The molecular weight excluding hydrogens is 268 g/mol. The number of para-hydroxylation sites is 1. The molecule has 1 N–H and O–H groups in total. The number of hydrogen-bond donors (Lipinski definition) is 1. The number of nitrogens with zero attached hydrogens (tertiary/aromatic N) is 3. The number of hydrogen-bond acceptors (Lipinski definition) is 5. The Bertz CT molecular complexity index is 771. The lowest BCUT2D eigenvalue weighted by atomic mass is 10.2. The number of benzene rings is 1. The summed E-state index contributed by atoms with van der Waals surface area (Å²) in [7, 11) is 2.01. The first kappa shape index (κ1) is 12.4. The molecule has 1 saturated heterocycles. The molecule has 108 valence electrons. The molecule has 0 radical (unpaired) electrons. The molecule has 1 aromatic carbocycles. The molecule has 1 aliphatic heterocycles. The van der Waals surface area contributed by atoms with Crippen LogP contribution in [0.25, 0.3) is 22.4 Å². The Balaban J connectivity index is 1.67. The van der Waals surface area contributed by atoms with Crippen molar-refractivity contribution in [2.75, 3.05) is 18.5 Å². The Hall–Kier alpha value is -2.34. The maximum atomic E-state index is 5.75. The Morgan fingerprint density at radius 3 is 3.05 bits per heavy atom. The van der Waals surface area contributed by atoms with Gasteiger partial charge in [-0.1, -0.05) is 23.3 Å². The number of anilines is 1. The van der Waals surface area contributed by atoms with E-state index in [0.717, 1.165) is 29.5 Å². The first-order valence-electron chi connectivity index (χ1n) is 7.03. The van der Waals surface area contributed by atoms with Crippen molar-refractivity contribution in [3.63, 3.8) is 0 Å². The van der Waals surface area contributed by atoms with Crippen molar-refractivity contribution in [2.24, 2.45) is 7.05 Å². The van der Waals surface area contributed by atoms with Crippen LogP contribution in [-0.2, 0) is 11.8 Å². The second kappa shape index (κ2) is 4.89. The Labute approximate surface area is 121 Å². The maximum absolute atomic E-state index is 5.75. The molecule has 3 aromatic rings. The lowest BCUT2D eigenvalue weighted by molar-refractivity contribution is 0.195. The van der Waals surface area contributed by atoms with Crippen LogP contribution in [0, 0.1) is 0 Å². The molecule has 1 atom stereocenters. The number of rotatable bonds is 3. The second-order valence-electron chi connectivity index (χ2n) is 5.29. The summed E-state index contributed by atoms with van der Waals surface area (Å²) in [6, 6.07) is 8.88. The molecule has 1 aliphatic rings. The van der Waals surface area contributed by atoms with Crippen LogP contribution in [0.4, 0.5) is 6.01 Å². The fourth-order valence-electron chi connectivity index (χ4n) is 2.73. The van der Waals surface area contributed by atoms with E-state index in [0.29, 0.717) is 18.5 Å². The average Bonchev–Trinajstić information content (AvgIpc) is 3.21. The first-order valence-corrected chi connectivity index (χ1v) is 7.03. The summed E-state index contributed by atoms with van der Waals surface area (Å²) in [5.74, 6) is 0.535. The minimum atomic E-state index is 0.255. The zero-order valence-electron chi connectivity index (χ0n) is 11.7. The van der Waals surface area contributed by atoms with Crippen LogP contribution in [0.2, 0.25) is 0 Å². The first-order chi connectivity index (χ1) is 10.3. The zero-order chi connectivity index (χ0) is 14.2. The average molecular weight is 284 g/mol. The predicted octanol–water partition coefficient (Wildman–Crippen LogP) is 2.43. The van der Waals surface area contributed by atoms with Gasteiger partial charge >= 0.3 is 6.01 Å². The van der Waals surface area contributed by atoms with Gasteiger partial charge in [0.15, 0.2) is 0 Å². The van der Waals surface area contributed by atoms with Gasteiger partial charge in [0.25, 0.3) is 5.89 Å². The van der Waals surface area contributed by atoms with E-state index in [-0.39, 0.29) is 6.04 Å². The third-order valence-corrected chi connectivity index (χ3v) is 3.81. The van der Waals surface area contributed by atoms with Crippen molar-refractivity contribution in [3.05, 3.63) is 30.5 Å². The third-order valence-electron chi connectivity index (χ3n) is 3.81. The fourth-order valence-corrected chi connectivity index (χ4v) is 2.73. The smallest absolute Gasteiger partial charge is 0.316 e. The normalized spacial score (nSPS) is 18.4. The lowest BCUT2D eigenvalue weighted by Gasteiger charge is -2.05. The summed E-state index contributed by atoms with van der Waals surface area (Å²) in [5, 5.41) is 12.6. The topological polar surface area (TPSA) is 65.1 Å². The van der Waals surface area contributed by atoms with Crippen LogP contribution in [0.5, 0.6) is 0 Å². The maximum Gasteiger partial charge on any atom is 0.316 e. The standard InChI is InChI=1S/C15H16N4O2/c1-19-8-12(11-4-2-3-5-13(11)19)14-17-18-15(21-14)16-10-6-7-20-9-10/h2-5,8,10H,6-7,9H2,1H3,(H,16,18). The Morgan fingerprint density at radius 2 is 2.19 bits per heavy atom. The van der Waals surface area contributed by atoms with Gasteiger partial charge in [0.05, 0.1) is 18.2 Å². The van der Waals surface area contributed by atoms with E-state index in [1.165, 1.54) is 0 Å². The van der Waals surface area contributed by atoms with Gasteiger partial charge in [-0.2, -0.15) is 0 Å².